The molecule has 2 amide bonds. The number of benzene rings is 1. The zero-order chi connectivity index (χ0) is 18.9. The minimum atomic E-state index is -4.04. The van der Waals surface area contributed by atoms with E-state index in [0.717, 1.165) is 16.8 Å². The lowest BCUT2D eigenvalue weighted by Gasteiger charge is -2.18. The fraction of sp³-hybridized carbons (Fsp3) is 0.438. The average molecular weight is 382 g/mol. The van der Waals surface area contributed by atoms with Crippen LogP contribution in [0.1, 0.15) is 40.0 Å². The number of rotatable bonds is 6. The number of carbonyl (C=O) groups is 3. The Morgan fingerprint density at radius 1 is 1.35 bits per heavy atom. The molecular formula is C16H18N2O7S. The number of nitrogens with zero attached hydrogens (tertiary/aromatic N) is 1. The summed E-state index contributed by atoms with van der Waals surface area (Å²) in [5, 5.41) is 11.0. The van der Waals surface area contributed by atoms with Crippen molar-refractivity contribution in [2.24, 2.45) is 0 Å². The van der Waals surface area contributed by atoms with Gasteiger partial charge in [-0.25, -0.2) is 12.7 Å². The molecule has 0 bridgehead atoms. The van der Waals surface area contributed by atoms with E-state index in [1.54, 1.807) is 0 Å². The number of carboxylic acids is 1. The average Bonchev–Trinajstić information content (AvgIpc) is 3.16. The molecule has 1 saturated heterocycles. The first kappa shape index (κ1) is 18.3. The van der Waals surface area contributed by atoms with Crippen molar-refractivity contribution >= 4 is 27.8 Å². The lowest BCUT2D eigenvalue weighted by atomic mass is 10.1. The molecule has 26 heavy (non-hydrogen) atoms. The topological polar surface area (TPSA) is 130 Å². The molecule has 2 aliphatic heterocycles. The molecule has 10 heteroatoms. The SMILES string of the molecule is O=C(O)CCNC(=O)c1ccc2c(c1)S(=O)(=O)N(CC1CCCO1)C2=O. The summed E-state index contributed by atoms with van der Waals surface area (Å²) in [5.41, 5.74) is 0.0644. The predicted molar refractivity (Wildman–Crippen MR) is 88.2 cm³/mol. The Morgan fingerprint density at radius 3 is 2.77 bits per heavy atom. The Bertz CT molecular complexity index is 859. The fourth-order valence-corrected chi connectivity index (χ4v) is 4.58. The zero-order valence-corrected chi connectivity index (χ0v) is 14.6. The molecule has 0 spiro atoms. The van der Waals surface area contributed by atoms with E-state index in [0.29, 0.717) is 13.0 Å². The van der Waals surface area contributed by atoms with Crippen LogP contribution < -0.4 is 5.32 Å². The zero-order valence-electron chi connectivity index (χ0n) is 13.8. The Balaban J connectivity index is 1.81. The van der Waals surface area contributed by atoms with Crippen LogP contribution >= 0.6 is 0 Å². The molecular weight excluding hydrogens is 364 g/mol. The van der Waals surface area contributed by atoms with Crippen molar-refractivity contribution in [3.8, 4) is 0 Å². The van der Waals surface area contributed by atoms with Gasteiger partial charge in [0.05, 0.1) is 24.6 Å². The summed E-state index contributed by atoms with van der Waals surface area (Å²) in [6.45, 7) is 0.415. The van der Waals surface area contributed by atoms with Gasteiger partial charge in [-0.15, -0.1) is 0 Å². The Labute approximate surface area is 150 Å². The third-order valence-electron chi connectivity index (χ3n) is 4.29. The standard InChI is InChI=1S/C16H18N2O7S/c19-14(20)5-6-17-15(21)10-3-4-12-13(8-10)26(23,24)18(16(12)22)9-11-2-1-7-25-11/h3-4,8,11H,1-2,5-7,9H2,(H,17,21)(H,19,20). The van der Waals surface area contributed by atoms with Crippen molar-refractivity contribution in [1.82, 2.24) is 9.62 Å². The number of aliphatic carboxylic acids is 1. The van der Waals surface area contributed by atoms with Crippen LogP contribution in [0.25, 0.3) is 0 Å². The van der Waals surface area contributed by atoms with Crippen molar-refractivity contribution in [3.63, 3.8) is 0 Å². The summed E-state index contributed by atoms with van der Waals surface area (Å²) >= 11 is 0. The number of carboxylic acid groups (broad SMARTS) is 1. The van der Waals surface area contributed by atoms with Gasteiger partial charge in [0.25, 0.3) is 21.8 Å². The summed E-state index contributed by atoms with van der Waals surface area (Å²) in [4.78, 5) is 34.8. The molecule has 0 aliphatic carbocycles. The van der Waals surface area contributed by atoms with Gasteiger partial charge in [-0.05, 0) is 31.0 Å². The largest absolute Gasteiger partial charge is 0.481 e. The van der Waals surface area contributed by atoms with Crippen LogP contribution in [-0.2, 0) is 19.6 Å². The highest BCUT2D eigenvalue weighted by Gasteiger charge is 2.43. The van der Waals surface area contributed by atoms with Crippen LogP contribution in [0.4, 0.5) is 0 Å². The highest BCUT2D eigenvalue weighted by atomic mass is 32.2. The van der Waals surface area contributed by atoms with Gasteiger partial charge in [-0.3, -0.25) is 14.4 Å². The number of amides is 2. The Hall–Kier alpha value is -2.46. The van der Waals surface area contributed by atoms with E-state index in [9.17, 15) is 22.8 Å². The van der Waals surface area contributed by atoms with Crippen LogP contribution in [0.3, 0.4) is 0 Å². The Kier molecular flexibility index (Phi) is 4.97. The van der Waals surface area contributed by atoms with Crippen molar-refractivity contribution in [2.45, 2.75) is 30.3 Å². The number of nitrogens with one attached hydrogen (secondary N) is 1. The number of fused-ring (bicyclic) bond motifs is 1. The first-order chi connectivity index (χ1) is 12.3. The van der Waals surface area contributed by atoms with Gasteiger partial charge < -0.3 is 15.2 Å². The monoisotopic (exact) mass is 382 g/mol. The van der Waals surface area contributed by atoms with E-state index >= 15 is 0 Å². The minimum Gasteiger partial charge on any atom is -0.481 e. The number of hydrogen-bond acceptors (Lipinski definition) is 6. The first-order valence-electron chi connectivity index (χ1n) is 8.13. The number of sulfonamides is 1. The van der Waals surface area contributed by atoms with E-state index in [-0.39, 0.29) is 41.6 Å². The van der Waals surface area contributed by atoms with Crippen molar-refractivity contribution < 1.29 is 32.6 Å². The van der Waals surface area contributed by atoms with E-state index in [1.165, 1.54) is 12.1 Å². The van der Waals surface area contributed by atoms with Gasteiger partial charge in [0.15, 0.2) is 0 Å². The van der Waals surface area contributed by atoms with E-state index in [4.69, 9.17) is 9.84 Å². The molecule has 1 fully saturated rings. The molecule has 2 N–H and O–H groups in total. The van der Waals surface area contributed by atoms with Crippen molar-refractivity contribution in [3.05, 3.63) is 29.3 Å². The molecule has 9 nitrogen and oxygen atoms in total. The molecule has 1 unspecified atom stereocenters. The molecule has 1 aromatic carbocycles. The van der Waals surface area contributed by atoms with Gasteiger partial charge in [0, 0.05) is 18.7 Å². The maximum absolute atomic E-state index is 12.7. The first-order valence-corrected chi connectivity index (χ1v) is 9.57. The number of hydrogen-bond donors (Lipinski definition) is 2. The molecule has 140 valence electrons. The third-order valence-corrected chi connectivity index (χ3v) is 6.08. The molecule has 1 atom stereocenters. The highest BCUT2D eigenvalue weighted by molar-refractivity contribution is 7.90. The molecule has 0 saturated carbocycles. The summed E-state index contributed by atoms with van der Waals surface area (Å²) < 4.78 is 31.6. The highest BCUT2D eigenvalue weighted by Crippen LogP contribution is 2.32. The van der Waals surface area contributed by atoms with Crippen molar-refractivity contribution in [1.29, 1.82) is 0 Å². The third kappa shape index (κ3) is 3.42. The summed E-state index contributed by atoms with van der Waals surface area (Å²) in [6.07, 6.45) is 0.942. The van der Waals surface area contributed by atoms with E-state index in [2.05, 4.69) is 5.32 Å². The summed E-state index contributed by atoms with van der Waals surface area (Å²) in [7, 11) is -4.04. The van der Waals surface area contributed by atoms with Gasteiger partial charge in [0.2, 0.25) is 0 Å². The minimum absolute atomic E-state index is 0.0186. The van der Waals surface area contributed by atoms with Crippen LogP contribution in [0.15, 0.2) is 23.1 Å². The number of carbonyl (C=O) groups excluding carboxylic acids is 2. The second-order valence-electron chi connectivity index (χ2n) is 6.09. The summed E-state index contributed by atoms with van der Waals surface area (Å²) in [5.74, 6) is -2.29. The Morgan fingerprint density at radius 2 is 2.12 bits per heavy atom. The van der Waals surface area contributed by atoms with Crippen molar-refractivity contribution in [2.75, 3.05) is 19.7 Å². The molecule has 2 aliphatic rings. The van der Waals surface area contributed by atoms with Gasteiger partial charge in [-0.1, -0.05) is 0 Å². The molecule has 0 aromatic heterocycles. The van der Waals surface area contributed by atoms with Crippen LogP contribution in [0.5, 0.6) is 0 Å². The maximum Gasteiger partial charge on any atom is 0.305 e. The predicted octanol–water partition coefficient (Wildman–Crippen LogP) is 0.215. The summed E-state index contributed by atoms with van der Waals surface area (Å²) in [6, 6.07) is 3.79. The maximum atomic E-state index is 12.7. The van der Waals surface area contributed by atoms with Crippen LogP contribution in [-0.4, -0.2) is 61.4 Å². The lowest BCUT2D eigenvalue weighted by Crippen LogP contribution is -2.36. The van der Waals surface area contributed by atoms with Crippen LogP contribution in [0.2, 0.25) is 0 Å². The molecule has 0 radical (unpaired) electrons. The molecule has 1 aromatic rings. The lowest BCUT2D eigenvalue weighted by molar-refractivity contribution is -0.136. The normalized spacial score (nSPS) is 20.8. The molecule has 3 rings (SSSR count). The number of ether oxygens (including phenoxy) is 1. The van der Waals surface area contributed by atoms with E-state index in [1.807, 2.05) is 0 Å². The fourth-order valence-electron chi connectivity index (χ4n) is 2.96. The van der Waals surface area contributed by atoms with Gasteiger partial charge >= 0.3 is 5.97 Å². The van der Waals surface area contributed by atoms with Gasteiger partial charge in [0.1, 0.15) is 4.90 Å². The van der Waals surface area contributed by atoms with Crippen LogP contribution in [0, 0.1) is 0 Å². The second kappa shape index (κ2) is 7.04. The smallest absolute Gasteiger partial charge is 0.305 e. The van der Waals surface area contributed by atoms with E-state index < -0.39 is 27.8 Å². The molecule has 2 heterocycles. The second-order valence-corrected chi connectivity index (χ2v) is 7.92. The van der Waals surface area contributed by atoms with Gasteiger partial charge in [-0.2, -0.15) is 0 Å². The quantitative estimate of drug-likeness (QED) is 0.719.